The van der Waals surface area contributed by atoms with Gasteiger partial charge in [0.2, 0.25) is 0 Å². The summed E-state index contributed by atoms with van der Waals surface area (Å²) in [5, 5.41) is 0. The van der Waals surface area contributed by atoms with Crippen LogP contribution in [0.2, 0.25) is 0 Å². The van der Waals surface area contributed by atoms with Crippen LogP contribution in [0.1, 0.15) is 69.8 Å². The van der Waals surface area contributed by atoms with E-state index < -0.39 is 0 Å². The SMILES string of the molecule is CCCCCCCCCC(c1ccccc1)C(Cl)Cl. The maximum Gasteiger partial charge on any atom is 0.114 e. The van der Waals surface area contributed by atoms with Crippen molar-refractivity contribution in [3.63, 3.8) is 0 Å². The van der Waals surface area contributed by atoms with Crippen molar-refractivity contribution < 1.29 is 0 Å². The summed E-state index contributed by atoms with van der Waals surface area (Å²) in [7, 11) is 0. The zero-order chi connectivity index (χ0) is 13.9. The third kappa shape index (κ3) is 7.22. The summed E-state index contributed by atoms with van der Waals surface area (Å²) in [5.74, 6) is 0.278. The fourth-order valence-corrected chi connectivity index (χ4v) is 3.00. The molecule has 1 atom stereocenters. The van der Waals surface area contributed by atoms with E-state index in [1.54, 1.807) is 0 Å². The molecule has 2 heteroatoms. The van der Waals surface area contributed by atoms with Gasteiger partial charge in [-0.15, -0.1) is 23.2 Å². The summed E-state index contributed by atoms with van der Waals surface area (Å²) in [4.78, 5) is -0.303. The van der Waals surface area contributed by atoms with E-state index in [0.717, 1.165) is 6.42 Å². The highest BCUT2D eigenvalue weighted by atomic mass is 35.5. The molecule has 1 aromatic rings. The topological polar surface area (TPSA) is 0 Å². The molecule has 0 saturated carbocycles. The zero-order valence-corrected chi connectivity index (χ0v) is 13.5. The Hall–Kier alpha value is -0.200. The number of unbranched alkanes of at least 4 members (excludes halogenated alkanes) is 6. The van der Waals surface area contributed by atoms with E-state index >= 15 is 0 Å². The Morgan fingerprint density at radius 2 is 1.42 bits per heavy atom. The number of halogens is 2. The molecule has 0 bridgehead atoms. The molecule has 0 N–H and O–H groups in total. The third-order valence-electron chi connectivity index (χ3n) is 3.65. The minimum atomic E-state index is -0.303. The van der Waals surface area contributed by atoms with Gasteiger partial charge in [0.05, 0.1) is 0 Å². The Balaban J connectivity index is 2.24. The maximum absolute atomic E-state index is 6.13. The molecule has 0 fully saturated rings. The van der Waals surface area contributed by atoms with Crippen molar-refractivity contribution >= 4 is 23.2 Å². The van der Waals surface area contributed by atoms with Crippen molar-refractivity contribution in [2.24, 2.45) is 0 Å². The van der Waals surface area contributed by atoms with E-state index in [9.17, 15) is 0 Å². The number of benzene rings is 1. The van der Waals surface area contributed by atoms with Crippen LogP contribution in [0.25, 0.3) is 0 Å². The average molecular weight is 301 g/mol. The summed E-state index contributed by atoms with van der Waals surface area (Å²) < 4.78 is 0. The molecule has 0 aliphatic carbocycles. The van der Waals surface area contributed by atoms with Gasteiger partial charge in [-0.1, -0.05) is 82.2 Å². The van der Waals surface area contributed by atoms with Gasteiger partial charge in [-0.3, -0.25) is 0 Å². The van der Waals surface area contributed by atoms with Crippen molar-refractivity contribution in [1.29, 1.82) is 0 Å². The van der Waals surface area contributed by atoms with Crippen LogP contribution < -0.4 is 0 Å². The Labute approximate surface area is 128 Å². The molecular weight excluding hydrogens is 275 g/mol. The first-order chi connectivity index (χ1) is 9.25. The molecule has 0 aliphatic heterocycles. The van der Waals surface area contributed by atoms with E-state index in [1.165, 1.54) is 50.5 Å². The highest BCUT2D eigenvalue weighted by molar-refractivity contribution is 6.44. The van der Waals surface area contributed by atoms with Crippen molar-refractivity contribution in [3.8, 4) is 0 Å². The first-order valence-corrected chi connectivity index (χ1v) is 8.46. The van der Waals surface area contributed by atoms with Crippen molar-refractivity contribution in [3.05, 3.63) is 35.9 Å². The highest BCUT2D eigenvalue weighted by Gasteiger charge is 2.18. The number of hydrogen-bond donors (Lipinski definition) is 0. The van der Waals surface area contributed by atoms with Crippen LogP contribution in [0.3, 0.4) is 0 Å². The van der Waals surface area contributed by atoms with Gasteiger partial charge in [0.1, 0.15) is 4.84 Å². The van der Waals surface area contributed by atoms with Gasteiger partial charge in [-0.2, -0.15) is 0 Å². The van der Waals surface area contributed by atoms with Gasteiger partial charge in [-0.25, -0.2) is 0 Å². The van der Waals surface area contributed by atoms with Crippen LogP contribution in [0.4, 0.5) is 0 Å². The second kappa shape index (κ2) is 10.6. The lowest BCUT2D eigenvalue weighted by Crippen LogP contribution is -2.07. The van der Waals surface area contributed by atoms with Gasteiger partial charge in [0.25, 0.3) is 0 Å². The summed E-state index contributed by atoms with van der Waals surface area (Å²) in [6.45, 7) is 2.26. The van der Waals surface area contributed by atoms with Crippen LogP contribution >= 0.6 is 23.2 Å². The molecule has 108 valence electrons. The van der Waals surface area contributed by atoms with Crippen LogP contribution in [-0.4, -0.2) is 4.84 Å². The van der Waals surface area contributed by atoms with Gasteiger partial charge >= 0.3 is 0 Å². The first-order valence-electron chi connectivity index (χ1n) is 7.58. The van der Waals surface area contributed by atoms with Gasteiger partial charge in [-0.05, 0) is 12.0 Å². The van der Waals surface area contributed by atoms with Crippen LogP contribution in [0.5, 0.6) is 0 Å². The molecule has 19 heavy (non-hydrogen) atoms. The van der Waals surface area contributed by atoms with E-state index in [2.05, 4.69) is 31.2 Å². The predicted octanol–water partition coefficient (Wildman–Crippen LogP) is 6.71. The lowest BCUT2D eigenvalue weighted by atomic mass is 9.94. The van der Waals surface area contributed by atoms with Crippen LogP contribution in [0, 0.1) is 0 Å². The molecule has 1 unspecified atom stereocenters. The second-order valence-electron chi connectivity index (χ2n) is 5.26. The molecule has 0 spiro atoms. The molecule has 0 aromatic heterocycles. The van der Waals surface area contributed by atoms with Crippen LogP contribution in [-0.2, 0) is 0 Å². The number of rotatable bonds is 10. The summed E-state index contributed by atoms with van der Waals surface area (Å²) in [6.07, 6.45) is 10.4. The zero-order valence-electron chi connectivity index (χ0n) is 12.0. The van der Waals surface area contributed by atoms with Crippen molar-refractivity contribution in [2.45, 2.75) is 69.0 Å². The largest absolute Gasteiger partial charge is 0.114 e. The molecule has 0 radical (unpaired) electrons. The first kappa shape index (κ1) is 16.9. The lowest BCUT2D eigenvalue weighted by molar-refractivity contribution is 0.545. The molecule has 0 nitrogen and oxygen atoms in total. The Bertz CT molecular complexity index is 308. The summed E-state index contributed by atoms with van der Waals surface area (Å²) in [6, 6.07) is 10.4. The second-order valence-corrected chi connectivity index (χ2v) is 6.43. The van der Waals surface area contributed by atoms with Crippen LogP contribution in [0.15, 0.2) is 30.3 Å². The smallest absolute Gasteiger partial charge is 0.105 e. The monoisotopic (exact) mass is 300 g/mol. The van der Waals surface area contributed by atoms with Gasteiger partial charge < -0.3 is 0 Å². The van der Waals surface area contributed by atoms with Crippen molar-refractivity contribution in [1.82, 2.24) is 0 Å². The minimum absolute atomic E-state index is 0.278. The van der Waals surface area contributed by atoms with Gasteiger partial charge in [0, 0.05) is 5.92 Å². The molecule has 1 aromatic carbocycles. The molecular formula is C17H26Cl2. The van der Waals surface area contributed by atoms with Gasteiger partial charge in [0.15, 0.2) is 0 Å². The predicted molar refractivity (Wildman–Crippen MR) is 87.3 cm³/mol. The standard InChI is InChI=1S/C17H26Cl2/c1-2-3-4-5-6-7-11-14-16(17(18)19)15-12-9-8-10-13-15/h8-10,12-13,16-17H,2-7,11,14H2,1H3. The summed E-state index contributed by atoms with van der Waals surface area (Å²) >= 11 is 12.3. The van der Waals surface area contributed by atoms with Crippen molar-refractivity contribution in [2.75, 3.05) is 0 Å². The number of hydrogen-bond acceptors (Lipinski definition) is 0. The quantitative estimate of drug-likeness (QED) is 0.332. The Morgan fingerprint density at radius 3 is 2.00 bits per heavy atom. The molecule has 0 saturated heterocycles. The summed E-state index contributed by atoms with van der Waals surface area (Å²) in [5.41, 5.74) is 1.27. The maximum atomic E-state index is 6.13. The fraction of sp³-hybridized carbons (Fsp3) is 0.647. The van der Waals surface area contributed by atoms with E-state index in [1.807, 2.05) is 6.07 Å². The van der Waals surface area contributed by atoms with E-state index in [4.69, 9.17) is 23.2 Å². The third-order valence-corrected chi connectivity index (χ3v) is 4.26. The number of alkyl halides is 2. The molecule has 1 rings (SSSR count). The van der Waals surface area contributed by atoms with E-state index in [0.29, 0.717) is 0 Å². The average Bonchev–Trinajstić information content (AvgIpc) is 2.42. The fourth-order valence-electron chi connectivity index (χ4n) is 2.46. The molecule has 0 aliphatic rings. The molecule has 0 heterocycles. The Kier molecular flexibility index (Phi) is 9.38. The Morgan fingerprint density at radius 1 is 0.842 bits per heavy atom. The lowest BCUT2D eigenvalue weighted by Gasteiger charge is -2.18. The highest BCUT2D eigenvalue weighted by Crippen LogP contribution is 2.31. The van der Waals surface area contributed by atoms with E-state index in [-0.39, 0.29) is 10.8 Å². The molecule has 0 amide bonds. The normalized spacial score (nSPS) is 12.8. The minimum Gasteiger partial charge on any atom is -0.105 e.